The number of anilines is 1. The Balaban J connectivity index is 1.53. The second-order valence-electron chi connectivity index (χ2n) is 6.69. The standard InChI is InChI=1S/C19H27N5O/c1-15(23(2)16-7-4-3-5-8-16)13-21-19(25)18-10-12-24(22-18)17-9-6-11-20-14-17/h3-5,7-8,10,12,15,17,20H,6,9,11,13-14H2,1-2H3,(H,21,25). The molecule has 1 aromatic heterocycles. The molecule has 2 N–H and O–H groups in total. The van der Waals surface area contributed by atoms with Crippen LogP contribution in [0.4, 0.5) is 5.69 Å². The van der Waals surface area contributed by atoms with Gasteiger partial charge in [-0.25, -0.2) is 0 Å². The van der Waals surface area contributed by atoms with Gasteiger partial charge in [-0.05, 0) is 44.5 Å². The van der Waals surface area contributed by atoms with Crippen molar-refractivity contribution in [2.75, 3.05) is 31.6 Å². The lowest BCUT2D eigenvalue weighted by Crippen LogP contribution is -2.40. The SMILES string of the molecule is CC(CNC(=O)c1ccn(C2CCCNC2)n1)N(C)c1ccccc1. The molecule has 2 heterocycles. The number of carbonyl (C=O) groups excluding carboxylic acids is 1. The number of nitrogens with one attached hydrogen (secondary N) is 2. The van der Waals surface area contributed by atoms with Gasteiger partial charge in [0.1, 0.15) is 5.69 Å². The molecule has 0 aliphatic carbocycles. The Labute approximate surface area is 149 Å². The maximum Gasteiger partial charge on any atom is 0.271 e. The second-order valence-corrected chi connectivity index (χ2v) is 6.69. The van der Waals surface area contributed by atoms with Gasteiger partial charge in [0.05, 0.1) is 6.04 Å². The molecule has 2 aromatic rings. The third-order valence-corrected chi connectivity index (χ3v) is 4.87. The fourth-order valence-corrected chi connectivity index (χ4v) is 3.11. The Morgan fingerprint density at radius 2 is 2.20 bits per heavy atom. The smallest absolute Gasteiger partial charge is 0.271 e. The van der Waals surface area contributed by atoms with Crippen LogP contribution in [0.2, 0.25) is 0 Å². The first-order valence-electron chi connectivity index (χ1n) is 8.97. The number of hydrogen-bond acceptors (Lipinski definition) is 4. The summed E-state index contributed by atoms with van der Waals surface area (Å²) >= 11 is 0. The van der Waals surface area contributed by atoms with Crippen LogP contribution in [-0.4, -0.2) is 48.4 Å². The molecule has 6 heteroatoms. The molecule has 1 aliphatic rings. The number of nitrogens with zero attached hydrogens (tertiary/aromatic N) is 3. The molecule has 2 unspecified atom stereocenters. The van der Waals surface area contributed by atoms with Gasteiger partial charge in [0, 0.05) is 38.1 Å². The van der Waals surface area contributed by atoms with E-state index < -0.39 is 0 Å². The molecule has 0 bridgehead atoms. The molecule has 25 heavy (non-hydrogen) atoms. The van der Waals surface area contributed by atoms with E-state index in [1.54, 1.807) is 6.07 Å². The maximum absolute atomic E-state index is 12.4. The van der Waals surface area contributed by atoms with Gasteiger partial charge in [-0.15, -0.1) is 0 Å². The minimum Gasteiger partial charge on any atom is -0.370 e. The van der Waals surface area contributed by atoms with Crippen LogP contribution in [0.5, 0.6) is 0 Å². The van der Waals surface area contributed by atoms with Crippen molar-refractivity contribution in [3.8, 4) is 0 Å². The van der Waals surface area contributed by atoms with Crippen molar-refractivity contribution >= 4 is 11.6 Å². The van der Waals surface area contributed by atoms with Crippen molar-refractivity contribution in [2.45, 2.75) is 31.8 Å². The summed E-state index contributed by atoms with van der Waals surface area (Å²) in [4.78, 5) is 14.5. The fourth-order valence-electron chi connectivity index (χ4n) is 3.11. The fraction of sp³-hybridized carbons (Fsp3) is 0.474. The molecule has 1 saturated heterocycles. The van der Waals surface area contributed by atoms with Crippen molar-refractivity contribution in [2.24, 2.45) is 0 Å². The highest BCUT2D eigenvalue weighted by molar-refractivity contribution is 5.92. The first-order valence-corrected chi connectivity index (χ1v) is 8.97. The molecular weight excluding hydrogens is 314 g/mol. The molecule has 1 amide bonds. The van der Waals surface area contributed by atoms with Crippen LogP contribution in [0.3, 0.4) is 0 Å². The molecule has 0 saturated carbocycles. The highest BCUT2D eigenvalue weighted by atomic mass is 16.1. The van der Waals surface area contributed by atoms with Gasteiger partial charge in [-0.3, -0.25) is 9.48 Å². The minimum absolute atomic E-state index is 0.115. The predicted octanol–water partition coefficient (Wildman–Crippen LogP) is 2.06. The lowest BCUT2D eigenvalue weighted by Gasteiger charge is -2.27. The summed E-state index contributed by atoms with van der Waals surface area (Å²) in [6.45, 7) is 4.65. The summed E-state index contributed by atoms with van der Waals surface area (Å²) in [7, 11) is 2.04. The third-order valence-electron chi connectivity index (χ3n) is 4.87. The highest BCUT2D eigenvalue weighted by Crippen LogP contribution is 2.16. The van der Waals surface area contributed by atoms with Gasteiger partial charge in [0.15, 0.2) is 0 Å². The molecule has 6 nitrogen and oxygen atoms in total. The number of hydrogen-bond donors (Lipinski definition) is 2. The van der Waals surface area contributed by atoms with Gasteiger partial charge in [-0.1, -0.05) is 18.2 Å². The number of aromatic nitrogens is 2. The lowest BCUT2D eigenvalue weighted by atomic mass is 10.1. The number of benzene rings is 1. The van der Waals surface area contributed by atoms with Crippen LogP contribution in [0.1, 0.15) is 36.3 Å². The third kappa shape index (κ3) is 4.39. The van der Waals surface area contributed by atoms with E-state index in [0.717, 1.165) is 31.6 Å². The number of para-hydroxylation sites is 1. The van der Waals surface area contributed by atoms with Crippen LogP contribution in [0, 0.1) is 0 Å². The van der Waals surface area contributed by atoms with E-state index in [-0.39, 0.29) is 11.9 Å². The van der Waals surface area contributed by atoms with E-state index in [0.29, 0.717) is 18.3 Å². The van der Waals surface area contributed by atoms with Gasteiger partial charge >= 0.3 is 0 Å². The topological polar surface area (TPSA) is 62.2 Å². The van der Waals surface area contributed by atoms with E-state index in [2.05, 4.69) is 39.7 Å². The van der Waals surface area contributed by atoms with Gasteiger partial charge in [0.2, 0.25) is 0 Å². The summed E-state index contributed by atoms with van der Waals surface area (Å²) in [6.07, 6.45) is 4.16. The zero-order valence-corrected chi connectivity index (χ0v) is 15.0. The average molecular weight is 341 g/mol. The van der Waals surface area contributed by atoms with Gasteiger partial charge in [0.25, 0.3) is 5.91 Å². The quantitative estimate of drug-likeness (QED) is 0.844. The summed E-state index contributed by atoms with van der Waals surface area (Å²) in [5, 5.41) is 10.8. The molecule has 1 aliphatic heterocycles. The van der Waals surface area contributed by atoms with Gasteiger partial charge in [-0.2, -0.15) is 5.10 Å². The number of rotatable bonds is 6. The Morgan fingerprint density at radius 3 is 2.92 bits per heavy atom. The molecule has 2 atom stereocenters. The summed E-state index contributed by atoms with van der Waals surface area (Å²) in [5.41, 5.74) is 1.62. The molecule has 134 valence electrons. The van der Waals surface area contributed by atoms with Crippen LogP contribution in [0.15, 0.2) is 42.6 Å². The molecule has 0 radical (unpaired) electrons. The Bertz CT molecular complexity index is 678. The number of amides is 1. The van der Waals surface area contributed by atoms with E-state index >= 15 is 0 Å². The normalized spacial score (nSPS) is 18.6. The van der Waals surface area contributed by atoms with Crippen molar-refractivity contribution < 1.29 is 4.79 Å². The van der Waals surface area contributed by atoms with E-state index in [4.69, 9.17) is 0 Å². The minimum atomic E-state index is -0.115. The summed E-state index contributed by atoms with van der Waals surface area (Å²) in [6, 6.07) is 12.5. The maximum atomic E-state index is 12.4. The van der Waals surface area contributed by atoms with Crippen LogP contribution < -0.4 is 15.5 Å². The second kappa shape index (κ2) is 8.16. The van der Waals surface area contributed by atoms with E-state index in [1.807, 2.05) is 36.1 Å². The zero-order chi connectivity index (χ0) is 17.6. The van der Waals surface area contributed by atoms with Crippen molar-refractivity contribution in [3.63, 3.8) is 0 Å². The Morgan fingerprint density at radius 1 is 1.40 bits per heavy atom. The number of likely N-dealkylation sites (N-methyl/N-ethyl adjacent to an activating group) is 1. The molecule has 1 fully saturated rings. The van der Waals surface area contributed by atoms with Crippen LogP contribution >= 0.6 is 0 Å². The monoisotopic (exact) mass is 341 g/mol. The average Bonchev–Trinajstić information content (AvgIpc) is 3.17. The summed E-state index contributed by atoms with van der Waals surface area (Å²) in [5.74, 6) is -0.115. The Hall–Kier alpha value is -2.34. The van der Waals surface area contributed by atoms with E-state index in [9.17, 15) is 4.79 Å². The van der Waals surface area contributed by atoms with E-state index in [1.165, 1.54) is 0 Å². The molecule has 0 spiro atoms. The first-order chi connectivity index (χ1) is 12.1. The van der Waals surface area contributed by atoms with Crippen LogP contribution in [-0.2, 0) is 0 Å². The lowest BCUT2D eigenvalue weighted by molar-refractivity contribution is 0.0945. The van der Waals surface area contributed by atoms with Gasteiger partial charge < -0.3 is 15.5 Å². The largest absolute Gasteiger partial charge is 0.370 e. The van der Waals surface area contributed by atoms with Crippen molar-refractivity contribution in [3.05, 3.63) is 48.3 Å². The first kappa shape index (κ1) is 17.5. The number of carbonyl (C=O) groups is 1. The van der Waals surface area contributed by atoms with Crippen molar-refractivity contribution in [1.82, 2.24) is 20.4 Å². The van der Waals surface area contributed by atoms with Crippen LogP contribution in [0.25, 0.3) is 0 Å². The summed E-state index contributed by atoms with van der Waals surface area (Å²) < 4.78 is 1.92. The molecular formula is C19H27N5O. The van der Waals surface area contributed by atoms with Crippen molar-refractivity contribution in [1.29, 1.82) is 0 Å². The predicted molar refractivity (Wildman–Crippen MR) is 100 cm³/mol. The Kier molecular flexibility index (Phi) is 5.71. The number of piperidine rings is 1. The molecule has 1 aromatic carbocycles. The highest BCUT2D eigenvalue weighted by Gasteiger charge is 2.18. The molecule has 3 rings (SSSR count). The zero-order valence-electron chi connectivity index (χ0n) is 15.0.